The van der Waals surface area contributed by atoms with Crippen molar-refractivity contribution in [1.82, 2.24) is 0 Å². The van der Waals surface area contributed by atoms with Gasteiger partial charge in [0.15, 0.2) is 0 Å². The number of aryl methyl sites for hydroxylation is 1. The number of hydrogen-bond acceptors (Lipinski definition) is 0. The Labute approximate surface area is 185 Å². The first-order chi connectivity index (χ1) is 14.8. The number of hydrogen-bond donors (Lipinski definition) is 0. The first kappa shape index (κ1) is 22.7. The highest BCUT2D eigenvalue weighted by Gasteiger charge is 2.19. The van der Waals surface area contributed by atoms with Crippen LogP contribution in [0.2, 0.25) is 0 Å². The lowest BCUT2D eigenvalue weighted by molar-refractivity contribution is 0.296. The molecule has 0 atom stereocenters. The minimum absolute atomic E-state index is 0.604. The van der Waals surface area contributed by atoms with Crippen LogP contribution in [-0.2, 0) is 6.42 Å². The highest BCUT2D eigenvalue weighted by molar-refractivity contribution is 5.64. The van der Waals surface area contributed by atoms with Gasteiger partial charge in [0.1, 0.15) is 0 Å². The van der Waals surface area contributed by atoms with Crippen LogP contribution in [0.15, 0.2) is 48.5 Å². The molecule has 0 bridgehead atoms. The van der Waals surface area contributed by atoms with Crippen LogP contribution in [0.5, 0.6) is 0 Å². The van der Waals surface area contributed by atoms with E-state index in [9.17, 15) is 0 Å². The highest BCUT2D eigenvalue weighted by Crippen LogP contribution is 2.31. The lowest BCUT2D eigenvalue weighted by Gasteiger charge is -2.25. The van der Waals surface area contributed by atoms with Gasteiger partial charge in [0.05, 0.1) is 0 Å². The molecule has 0 N–H and O–H groups in total. The first-order valence-electron chi connectivity index (χ1n) is 12.5. The van der Waals surface area contributed by atoms with Crippen molar-refractivity contribution in [3.63, 3.8) is 0 Å². The van der Waals surface area contributed by atoms with Crippen molar-refractivity contribution in [3.05, 3.63) is 59.7 Å². The molecule has 1 fully saturated rings. The predicted molar refractivity (Wildman–Crippen MR) is 132 cm³/mol. The monoisotopic (exact) mass is 400 g/mol. The molecule has 0 radical (unpaired) electrons. The minimum Gasteiger partial charge on any atom is -0.0945 e. The van der Waals surface area contributed by atoms with Crippen molar-refractivity contribution in [2.45, 2.75) is 90.9 Å². The molecule has 1 aliphatic rings. The second-order valence-corrected chi connectivity index (χ2v) is 9.21. The van der Waals surface area contributed by atoms with E-state index in [0.717, 1.165) is 11.5 Å². The highest BCUT2D eigenvalue weighted by atomic mass is 14.2. The molecule has 0 amide bonds. The normalized spacial score (nSPS) is 18.6. The molecular formula is C30H40. The molecule has 0 spiro atoms. The Balaban J connectivity index is 1.49. The van der Waals surface area contributed by atoms with E-state index in [1.54, 1.807) is 0 Å². The van der Waals surface area contributed by atoms with Gasteiger partial charge in [-0.25, -0.2) is 0 Å². The van der Waals surface area contributed by atoms with Gasteiger partial charge in [0, 0.05) is 11.5 Å². The molecule has 30 heavy (non-hydrogen) atoms. The largest absolute Gasteiger partial charge is 0.0945 e. The molecule has 0 nitrogen and oxygen atoms in total. The molecule has 0 saturated heterocycles. The van der Waals surface area contributed by atoms with Gasteiger partial charge in [-0.1, -0.05) is 101 Å². The fourth-order valence-electron chi connectivity index (χ4n) is 4.64. The van der Waals surface area contributed by atoms with Gasteiger partial charge >= 0.3 is 0 Å². The molecule has 160 valence electrons. The SMILES string of the molecule is CCCCCCc1ccc(-c2ccc(C#CC3CCC(CCCC)CC3)cc2)cc1. The van der Waals surface area contributed by atoms with E-state index in [2.05, 4.69) is 74.2 Å². The van der Waals surface area contributed by atoms with Gasteiger partial charge < -0.3 is 0 Å². The van der Waals surface area contributed by atoms with Crippen molar-refractivity contribution in [3.8, 4) is 23.0 Å². The summed E-state index contributed by atoms with van der Waals surface area (Å²) in [4.78, 5) is 0. The maximum Gasteiger partial charge on any atom is 0.0245 e. The summed E-state index contributed by atoms with van der Waals surface area (Å²) >= 11 is 0. The summed E-state index contributed by atoms with van der Waals surface area (Å²) in [5, 5.41) is 0. The average Bonchev–Trinajstić information content (AvgIpc) is 2.81. The fourth-order valence-corrected chi connectivity index (χ4v) is 4.64. The summed E-state index contributed by atoms with van der Waals surface area (Å²) in [7, 11) is 0. The Hall–Kier alpha value is -2.00. The first-order valence-corrected chi connectivity index (χ1v) is 12.5. The molecular weight excluding hydrogens is 360 g/mol. The molecule has 1 aliphatic carbocycles. The third-order valence-corrected chi connectivity index (χ3v) is 6.72. The van der Waals surface area contributed by atoms with Crippen LogP contribution in [-0.4, -0.2) is 0 Å². The zero-order valence-electron chi connectivity index (χ0n) is 19.3. The predicted octanol–water partition coefficient (Wildman–Crippen LogP) is 8.82. The standard InChI is InChI=1S/C30H40/c1-3-5-7-8-10-26-17-21-29(22-18-26)30-23-19-28(20-24-30)16-15-27-13-11-25(12-14-27)9-6-4-2/h17-25,27H,3-14H2,1-2H3. The molecule has 0 aliphatic heterocycles. The summed E-state index contributed by atoms with van der Waals surface area (Å²) in [6, 6.07) is 18.0. The topological polar surface area (TPSA) is 0 Å². The molecule has 3 rings (SSSR count). The van der Waals surface area contributed by atoms with Gasteiger partial charge in [0.2, 0.25) is 0 Å². The van der Waals surface area contributed by atoms with Gasteiger partial charge in [-0.2, -0.15) is 0 Å². The van der Waals surface area contributed by atoms with Crippen LogP contribution in [0.3, 0.4) is 0 Å². The summed E-state index contributed by atoms with van der Waals surface area (Å²) in [5.74, 6) is 8.57. The van der Waals surface area contributed by atoms with Crippen molar-refractivity contribution >= 4 is 0 Å². The van der Waals surface area contributed by atoms with E-state index in [4.69, 9.17) is 0 Å². The Morgan fingerprint density at radius 3 is 1.97 bits per heavy atom. The van der Waals surface area contributed by atoms with Crippen LogP contribution in [0.1, 0.15) is 95.6 Å². The number of benzene rings is 2. The maximum absolute atomic E-state index is 3.56. The van der Waals surface area contributed by atoms with Crippen molar-refractivity contribution in [2.75, 3.05) is 0 Å². The van der Waals surface area contributed by atoms with E-state index in [1.807, 2.05) is 0 Å². The molecule has 2 aromatic carbocycles. The average molecular weight is 401 g/mol. The number of rotatable bonds is 9. The van der Waals surface area contributed by atoms with Crippen LogP contribution in [0.25, 0.3) is 11.1 Å². The summed E-state index contributed by atoms with van der Waals surface area (Å²) < 4.78 is 0. The van der Waals surface area contributed by atoms with Crippen LogP contribution in [0, 0.1) is 23.7 Å². The van der Waals surface area contributed by atoms with Crippen LogP contribution >= 0.6 is 0 Å². The van der Waals surface area contributed by atoms with Crippen molar-refractivity contribution in [2.24, 2.45) is 11.8 Å². The molecule has 0 unspecified atom stereocenters. The second-order valence-electron chi connectivity index (χ2n) is 9.21. The van der Waals surface area contributed by atoms with E-state index in [0.29, 0.717) is 5.92 Å². The maximum atomic E-state index is 3.56. The van der Waals surface area contributed by atoms with Crippen molar-refractivity contribution in [1.29, 1.82) is 0 Å². The fraction of sp³-hybridized carbons (Fsp3) is 0.533. The van der Waals surface area contributed by atoms with Gasteiger partial charge in [0.25, 0.3) is 0 Å². The summed E-state index contributed by atoms with van der Waals surface area (Å²) in [6.07, 6.45) is 16.0. The minimum atomic E-state index is 0.604. The zero-order chi connectivity index (χ0) is 21.0. The lowest BCUT2D eigenvalue weighted by Crippen LogP contribution is -2.13. The third kappa shape index (κ3) is 7.36. The molecule has 0 heterocycles. The Kier molecular flexibility index (Phi) is 9.56. The molecule has 2 aromatic rings. The molecule has 0 aromatic heterocycles. The van der Waals surface area contributed by atoms with E-state index in [-0.39, 0.29) is 0 Å². The molecule has 0 heteroatoms. The Morgan fingerprint density at radius 2 is 1.33 bits per heavy atom. The van der Waals surface area contributed by atoms with Crippen LogP contribution in [0.4, 0.5) is 0 Å². The number of unbranched alkanes of at least 4 members (excludes halogenated alkanes) is 4. The molecule has 1 saturated carbocycles. The van der Waals surface area contributed by atoms with E-state index >= 15 is 0 Å². The van der Waals surface area contributed by atoms with Gasteiger partial charge in [-0.15, -0.1) is 0 Å². The zero-order valence-corrected chi connectivity index (χ0v) is 19.3. The second kappa shape index (κ2) is 12.6. The van der Waals surface area contributed by atoms with Crippen molar-refractivity contribution < 1.29 is 0 Å². The van der Waals surface area contributed by atoms with Gasteiger partial charge in [-0.05, 0) is 73.3 Å². The Morgan fingerprint density at radius 1 is 0.700 bits per heavy atom. The summed E-state index contributed by atoms with van der Waals surface area (Å²) in [6.45, 7) is 4.57. The quantitative estimate of drug-likeness (QED) is 0.291. The van der Waals surface area contributed by atoms with Gasteiger partial charge in [-0.3, -0.25) is 0 Å². The Bertz CT molecular complexity index is 777. The third-order valence-electron chi connectivity index (χ3n) is 6.72. The lowest BCUT2D eigenvalue weighted by atomic mass is 9.80. The van der Waals surface area contributed by atoms with E-state index in [1.165, 1.54) is 93.7 Å². The summed E-state index contributed by atoms with van der Waals surface area (Å²) in [5.41, 5.74) is 5.20. The van der Waals surface area contributed by atoms with Crippen LogP contribution < -0.4 is 0 Å². The smallest absolute Gasteiger partial charge is 0.0245 e. The van der Waals surface area contributed by atoms with E-state index < -0.39 is 0 Å².